The van der Waals surface area contributed by atoms with E-state index in [1.807, 2.05) is 24.3 Å². The summed E-state index contributed by atoms with van der Waals surface area (Å²) in [5, 5.41) is 3.40. The third-order valence-corrected chi connectivity index (χ3v) is 7.25. The fourth-order valence-corrected chi connectivity index (χ4v) is 5.33. The molecule has 7 heteroatoms. The molecule has 0 spiro atoms. The molecule has 0 atom stereocenters. The Kier molecular flexibility index (Phi) is 6.11. The van der Waals surface area contributed by atoms with E-state index >= 15 is 0 Å². The van der Waals surface area contributed by atoms with Gasteiger partial charge in [-0.25, -0.2) is 8.42 Å². The molecule has 1 N–H and O–H groups in total. The predicted molar refractivity (Wildman–Crippen MR) is 125 cm³/mol. The van der Waals surface area contributed by atoms with E-state index in [9.17, 15) is 13.2 Å². The molecule has 1 amide bonds. The molecule has 158 valence electrons. The van der Waals surface area contributed by atoms with Gasteiger partial charge in [0.1, 0.15) is 0 Å². The lowest BCUT2D eigenvalue weighted by molar-refractivity contribution is -0.111. The van der Waals surface area contributed by atoms with E-state index < -0.39 is 10.0 Å². The average Bonchev–Trinajstić information content (AvgIpc) is 2.78. The van der Waals surface area contributed by atoms with Crippen LogP contribution in [-0.2, 0) is 21.2 Å². The Labute approximate surface area is 187 Å². The highest BCUT2D eigenvalue weighted by Gasteiger charge is 2.29. The number of carbonyl (C=O) groups is 1. The summed E-state index contributed by atoms with van der Waals surface area (Å²) in [6.07, 6.45) is 4.54. The van der Waals surface area contributed by atoms with Crippen molar-refractivity contribution in [3.63, 3.8) is 0 Å². The lowest BCUT2D eigenvalue weighted by Crippen LogP contribution is -2.35. The van der Waals surface area contributed by atoms with Crippen LogP contribution in [0.4, 0.5) is 11.4 Å². The molecule has 0 aromatic heterocycles. The van der Waals surface area contributed by atoms with Gasteiger partial charge in [-0.1, -0.05) is 48.0 Å². The molecule has 0 saturated carbocycles. The Hall–Kier alpha value is -3.09. The highest BCUT2D eigenvalue weighted by molar-refractivity contribution is 7.92. The van der Waals surface area contributed by atoms with E-state index in [1.165, 1.54) is 10.4 Å². The number of hydrogen-bond acceptors (Lipinski definition) is 3. The minimum atomic E-state index is -3.63. The summed E-state index contributed by atoms with van der Waals surface area (Å²) in [6.45, 7) is 0.427. The number of benzene rings is 3. The van der Waals surface area contributed by atoms with Crippen LogP contribution in [0.2, 0.25) is 5.02 Å². The number of sulfonamides is 1. The fourth-order valence-electron chi connectivity index (χ4n) is 3.57. The Morgan fingerprint density at radius 2 is 1.74 bits per heavy atom. The molecular weight excluding hydrogens is 432 g/mol. The minimum Gasteiger partial charge on any atom is -0.323 e. The Morgan fingerprint density at radius 1 is 1.00 bits per heavy atom. The monoisotopic (exact) mass is 452 g/mol. The molecule has 31 heavy (non-hydrogen) atoms. The maximum atomic E-state index is 13.1. The smallest absolute Gasteiger partial charge is 0.264 e. The summed E-state index contributed by atoms with van der Waals surface area (Å²) >= 11 is 6.11. The molecule has 0 fully saturated rings. The second-order valence-electron chi connectivity index (χ2n) is 7.18. The number of hydrogen-bond donors (Lipinski definition) is 1. The van der Waals surface area contributed by atoms with E-state index in [2.05, 4.69) is 5.32 Å². The molecular formula is C24H21ClN2O3S. The van der Waals surface area contributed by atoms with Crippen molar-refractivity contribution in [3.8, 4) is 0 Å². The SMILES string of the molecule is O=C(/C=C/c1ccccc1Cl)Nc1ccc2c(c1)CCCN2S(=O)(=O)c1ccccc1. The zero-order valence-electron chi connectivity index (χ0n) is 16.7. The Balaban J connectivity index is 1.53. The van der Waals surface area contributed by atoms with Gasteiger partial charge in [0.2, 0.25) is 5.91 Å². The van der Waals surface area contributed by atoms with Gasteiger partial charge in [0.15, 0.2) is 0 Å². The summed E-state index contributed by atoms with van der Waals surface area (Å²) in [6, 6.07) is 21.0. The van der Waals surface area contributed by atoms with Crippen LogP contribution in [0, 0.1) is 0 Å². The molecule has 0 radical (unpaired) electrons. The lowest BCUT2D eigenvalue weighted by Gasteiger charge is -2.30. The second kappa shape index (κ2) is 8.96. The first-order valence-corrected chi connectivity index (χ1v) is 11.7. The number of anilines is 2. The Bertz CT molecular complexity index is 1240. The number of carbonyl (C=O) groups excluding carboxylic acids is 1. The van der Waals surface area contributed by atoms with Crippen LogP contribution in [-0.4, -0.2) is 20.9 Å². The highest BCUT2D eigenvalue weighted by Crippen LogP contribution is 2.33. The summed E-state index contributed by atoms with van der Waals surface area (Å²) in [7, 11) is -3.63. The van der Waals surface area contributed by atoms with Crippen molar-refractivity contribution in [2.45, 2.75) is 17.7 Å². The van der Waals surface area contributed by atoms with Crippen LogP contribution in [0.5, 0.6) is 0 Å². The summed E-state index contributed by atoms with van der Waals surface area (Å²) in [4.78, 5) is 12.6. The average molecular weight is 453 g/mol. The second-order valence-corrected chi connectivity index (χ2v) is 9.45. The minimum absolute atomic E-state index is 0.268. The van der Waals surface area contributed by atoms with Crippen molar-refractivity contribution in [2.24, 2.45) is 0 Å². The molecule has 3 aromatic carbocycles. The van der Waals surface area contributed by atoms with E-state index in [-0.39, 0.29) is 10.8 Å². The van der Waals surface area contributed by atoms with Crippen LogP contribution in [0.15, 0.2) is 83.8 Å². The van der Waals surface area contributed by atoms with Crippen molar-refractivity contribution in [1.82, 2.24) is 0 Å². The molecule has 4 rings (SSSR count). The van der Waals surface area contributed by atoms with Gasteiger partial charge in [-0.3, -0.25) is 9.10 Å². The zero-order chi connectivity index (χ0) is 21.8. The fraction of sp³-hybridized carbons (Fsp3) is 0.125. The number of amides is 1. The summed E-state index contributed by atoms with van der Waals surface area (Å²) < 4.78 is 27.6. The van der Waals surface area contributed by atoms with E-state index in [0.29, 0.717) is 29.4 Å². The molecule has 0 saturated heterocycles. The number of nitrogens with one attached hydrogen (secondary N) is 1. The quantitative estimate of drug-likeness (QED) is 0.545. The van der Waals surface area contributed by atoms with Gasteiger partial charge >= 0.3 is 0 Å². The van der Waals surface area contributed by atoms with Crippen molar-refractivity contribution in [3.05, 3.63) is 95.0 Å². The molecule has 1 aliphatic rings. The molecule has 0 unspecified atom stereocenters. The zero-order valence-corrected chi connectivity index (χ0v) is 18.2. The van der Waals surface area contributed by atoms with Crippen molar-refractivity contribution >= 4 is 45.0 Å². The first kappa shape index (κ1) is 21.2. The van der Waals surface area contributed by atoms with Gasteiger partial charge in [0.05, 0.1) is 10.6 Å². The Morgan fingerprint density at radius 3 is 2.52 bits per heavy atom. The maximum absolute atomic E-state index is 13.1. The molecule has 1 aliphatic heterocycles. The van der Waals surface area contributed by atoms with Gasteiger partial charge in [-0.2, -0.15) is 0 Å². The maximum Gasteiger partial charge on any atom is 0.264 e. The third kappa shape index (κ3) is 4.65. The normalized spacial score (nSPS) is 13.8. The number of fused-ring (bicyclic) bond motifs is 1. The highest BCUT2D eigenvalue weighted by atomic mass is 35.5. The van der Waals surface area contributed by atoms with Crippen LogP contribution >= 0.6 is 11.6 Å². The van der Waals surface area contributed by atoms with Gasteiger partial charge in [-0.15, -0.1) is 0 Å². The summed E-state index contributed by atoms with van der Waals surface area (Å²) in [5.74, 6) is -0.288. The van der Waals surface area contributed by atoms with Crippen LogP contribution < -0.4 is 9.62 Å². The molecule has 5 nitrogen and oxygen atoms in total. The van der Waals surface area contributed by atoms with E-state index in [0.717, 1.165) is 17.5 Å². The van der Waals surface area contributed by atoms with Gasteiger partial charge in [0, 0.05) is 23.3 Å². The van der Waals surface area contributed by atoms with Crippen LogP contribution in [0.1, 0.15) is 17.5 Å². The van der Waals surface area contributed by atoms with Gasteiger partial charge in [0.25, 0.3) is 10.0 Å². The molecule has 0 bridgehead atoms. The predicted octanol–water partition coefficient (Wildman–Crippen LogP) is 5.13. The topological polar surface area (TPSA) is 66.5 Å². The van der Waals surface area contributed by atoms with Crippen LogP contribution in [0.3, 0.4) is 0 Å². The van der Waals surface area contributed by atoms with Gasteiger partial charge < -0.3 is 5.32 Å². The number of nitrogens with zero attached hydrogens (tertiary/aromatic N) is 1. The van der Waals surface area contributed by atoms with E-state index in [4.69, 9.17) is 11.6 Å². The van der Waals surface area contributed by atoms with Gasteiger partial charge in [-0.05, 0) is 66.4 Å². The molecule has 3 aromatic rings. The number of rotatable bonds is 5. The van der Waals surface area contributed by atoms with E-state index in [1.54, 1.807) is 54.6 Å². The summed E-state index contributed by atoms with van der Waals surface area (Å²) in [5.41, 5.74) is 2.91. The number of aryl methyl sites for hydroxylation is 1. The van der Waals surface area contributed by atoms with Crippen molar-refractivity contribution in [2.75, 3.05) is 16.2 Å². The first-order chi connectivity index (χ1) is 14.9. The van der Waals surface area contributed by atoms with Crippen LogP contribution in [0.25, 0.3) is 6.08 Å². The third-order valence-electron chi connectivity index (χ3n) is 5.07. The molecule has 1 heterocycles. The first-order valence-electron chi connectivity index (χ1n) is 9.89. The molecule has 0 aliphatic carbocycles. The lowest BCUT2D eigenvalue weighted by atomic mass is 10.0. The van der Waals surface area contributed by atoms with Crippen molar-refractivity contribution < 1.29 is 13.2 Å². The number of halogens is 1. The standard InChI is InChI=1S/C24H21ClN2O3S/c25-22-11-5-4-7-18(22)12-15-24(28)26-20-13-14-23-19(17-20)8-6-16-27(23)31(29,30)21-9-2-1-3-10-21/h1-5,7,9-15,17H,6,8,16H2,(H,26,28)/b15-12+. The largest absolute Gasteiger partial charge is 0.323 e. The van der Waals surface area contributed by atoms with Crippen molar-refractivity contribution in [1.29, 1.82) is 0 Å².